The lowest BCUT2D eigenvalue weighted by molar-refractivity contribution is -0.384. The van der Waals surface area contributed by atoms with Gasteiger partial charge in [0.2, 0.25) is 0 Å². The van der Waals surface area contributed by atoms with E-state index in [4.69, 9.17) is 37.5 Å². The maximum Gasteiger partial charge on any atom is 0.488 e. The Hall–Kier alpha value is -5.26. The monoisotopic (exact) mass is 999 g/mol. The average Bonchev–Trinajstić information content (AvgIpc) is 4.11. The number of nitrogens with one attached hydrogen (secondary N) is 2. The molecule has 0 aliphatic heterocycles. The maximum absolute atomic E-state index is 12.6. The molecule has 1 aromatic heterocycles. The van der Waals surface area contributed by atoms with E-state index in [1.54, 1.807) is 55.6 Å². The van der Waals surface area contributed by atoms with Gasteiger partial charge in [-0.1, -0.05) is 112 Å². The van der Waals surface area contributed by atoms with E-state index in [2.05, 4.69) is 42.1 Å². The number of aryl methyl sites for hydroxylation is 1. The van der Waals surface area contributed by atoms with Crippen LogP contribution >= 0.6 is 25.4 Å². The van der Waals surface area contributed by atoms with Crippen LogP contribution < -0.4 is 26.1 Å². The summed E-state index contributed by atoms with van der Waals surface area (Å²) in [4.78, 5) is 22.0. The van der Waals surface area contributed by atoms with Gasteiger partial charge in [-0.2, -0.15) is 8.42 Å². The molecule has 1 amide bonds. The van der Waals surface area contributed by atoms with Crippen molar-refractivity contribution >= 4 is 90.4 Å². The van der Waals surface area contributed by atoms with Gasteiger partial charge in [0, 0.05) is 53.4 Å². The Kier molecular flexibility index (Phi) is 30.6. The highest BCUT2D eigenvalue weighted by Crippen LogP contribution is 2.46. The van der Waals surface area contributed by atoms with Crippen LogP contribution in [-0.4, -0.2) is 67.7 Å². The zero-order chi connectivity index (χ0) is 49.6. The highest BCUT2D eigenvalue weighted by molar-refractivity contribution is 9.10. The van der Waals surface area contributed by atoms with E-state index < -0.39 is 36.5 Å². The first-order valence-electron chi connectivity index (χ1n) is 20.5. The smallest absolute Gasteiger partial charge is 0.480 e. The molecule has 1 atom stereocenters. The van der Waals surface area contributed by atoms with Crippen LogP contribution in [0.2, 0.25) is 0 Å². The molecule has 0 radical (unpaired) electrons. The fourth-order valence-electron chi connectivity index (χ4n) is 5.28. The predicted molar refractivity (Wildman–Crippen MR) is 268 cm³/mol. The van der Waals surface area contributed by atoms with Gasteiger partial charge in [-0.15, -0.1) is 0 Å². The van der Waals surface area contributed by atoms with Crippen molar-refractivity contribution in [2.75, 3.05) is 19.4 Å². The number of nitrogens with zero attached hydrogens (tertiary/aromatic N) is 1. The van der Waals surface area contributed by atoms with Gasteiger partial charge in [-0.25, -0.2) is 4.39 Å². The van der Waals surface area contributed by atoms with E-state index in [0.29, 0.717) is 33.9 Å². The number of carbonyl (C=O) groups is 1. The van der Waals surface area contributed by atoms with Crippen LogP contribution in [0.3, 0.4) is 0 Å². The van der Waals surface area contributed by atoms with E-state index in [1.165, 1.54) is 24.0 Å². The quantitative estimate of drug-likeness (QED) is 0.0366. The van der Waals surface area contributed by atoms with Crippen LogP contribution in [0, 0.1) is 22.9 Å². The summed E-state index contributed by atoms with van der Waals surface area (Å²) in [6.45, 7) is 14.0. The van der Waals surface area contributed by atoms with Crippen LogP contribution in [0.15, 0.2) is 118 Å². The first-order chi connectivity index (χ1) is 31.2. The lowest BCUT2D eigenvalue weighted by atomic mass is 9.80. The SMILES string of the molecule is CC.CC.CC.CNC(=O)c1c(-c2ccc(C)cc2)oc2cc(NC)c(C3CC3)cc12.O=S=O.O=[N+]([O-])c1ccc(F)cc1.OB(O)c1ccc(Br)cc1.OB(O)c1ccc(OP)cc1. The standard InChI is InChI=1S/C21H22N2O2.C6H6BBrO2.C6H8BO3P.C6H4FNO2.3C2H6.O2S/c1-12-4-6-14(7-5-12)20-19(21(24)23-3)16-10-15(13-8-9-13)17(22-2)11-18(16)25-20;8-6-3-1-5(2-4-6)7(9)10;8-7(9)5-1-3-6(10-11)4-2-5;7-5-1-3-6(4-2-5)8(9)10;3*1-2;1-3-2/h4-7,10-11,13,22H,8-9H2,1-3H3,(H,23,24);1-4,9-10H;1-4,8-9H,11H2;1-4H;3*1-2H3;. The van der Waals surface area contributed by atoms with Crippen LogP contribution in [0.4, 0.5) is 15.8 Å². The zero-order valence-corrected chi connectivity index (χ0v) is 41.4. The molecule has 7 rings (SSSR count). The van der Waals surface area contributed by atoms with Crippen molar-refractivity contribution in [3.63, 3.8) is 0 Å². The molecule has 1 aliphatic carbocycles. The van der Waals surface area contributed by atoms with Gasteiger partial charge in [0.15, 0.2) is 0 Å². The van der Waals surface area contributed by atoms with Crippen LogP contribution in [0.5, 0.6) is 5.75 Å². The Labute approximate surface area is 395 Å². The topological polar surface area (TPSA) is 222 Å². The van der Waals surface area contributed by atoms with Crippen molar-refractivity contribution in [2.45, 2.75) is 67.2 Å². The fraction of sp³-hybridized carbons (Fsp3) is 0.267. The lowest BCUT2D eigenvalue weighted by Crippen LogP contribution is -2.29. The van der Waals surface area contributed by atoms with Gasteiger partial charge >= 0.3 is 25.8 Å². The van der Waals surface area contributed by atoms with Crippen molar-refractivity contribution < 1.29 is 51.6 Å². The Morgan fingerprint density at radius 2 is 1.31 bits per heavy atom. The number of amides is 1. The Morgan fingerprint density at radius 3 is 1.71 bits per heavy atom. The molecule has 20 heteroatoms. The van der Waals surface area contributed by atoms with Crippen molar-refractivity contribution in [1.29, 1.82) is 0 Å². The summed E-state index contributed by atoms with van der Waals surface area (Å²) in [6.07, 6.45) is 2.41. The second-order valence-electron chi connectivity index (χ2n) is 12.5. The third-order valence-electron chi connectivity index (χ3n) is 8.43. The zero-order valence-electron chi connectivity index (χ0n) is 37.9. The Morgan fingerprint density at radius 1 is 0.831 bits per heavy atom. The number of hydrogen-bond donors (Lipinski definition) is 6. The molecule has 65 heavy (non-hydrogen) atoms. The number of benzene rings is 5. The number of non-ortho nitro benzene ring substituents is 1. The molecule has 6 aromatic rings. The molecule has 1 fully saturated rings. The summed E-state index contributed by atoms with van der Waals surface area (Å²) < 4.78 is 40.6. The number of anilines is 1. The van der Waals surface area contributed by atoms with E-state index in [-0.39, 0.29) is 11.6 Å². The van der Waals surface area contributed by atoms with Crippen LogP contribution in [0.25, 0.3) is 22.3 Å². The van der Waals surface area contributed by atoms with Crippen molar-refractivity contribution in [3.05, 3.63) is 146 Å². The number of hydrogen-bond acceptors (Lipinski definition) is 12. The number of nitro groups is 1. The molecule has 1 aliphatic rings. The molecular formula is C45H58B2BrFN3O11PS. The summed E-state index contributed by atoms with van der Waals surface area (Å²) in [6, 6.07) is 29.9. The van der Waals surface area contributed by atoms with Gasteiger partial charge < -0.3 is 39.7 Å². The number of nitro benzene ring substituents is 1. The third kappa shape index (κ3) is 20.6. The molecule has 6 N–H and O–H groups in total. The van der Waals surface area contributed by atoms with E-state index in [9.17, 15) is 19.3 Å². The number of rotatable bonds is 8. The molecule has 1 heterocycles. The largest absolute Gasteiger partial charge is 0.488 e. The first kappa shape index (κ1) is 59.7. The minimum absolute atomic E-state index is 0.0959. The maximum atomic E-state index is 12.6. The molecule has 14 nitrogen and oxygen atoms in total. The second kappa shape index (κ2) is 33.3. The van der Waals surface area contributed by atoms with Crippen LogP contribution in [0.1, 0.15) is 81.8 Å². The Balaban J connectivity index is 0.000000862. The van der Waals surface area contributed by atoms with Crippen molar-refractivity contribution in [2.24, 2.45) is 0 Å². The number of halogens is 2. The molecular weight excluding hydrogens is 942 g/mol. The summed E-state index contributed by atoms with van der Waals surface area (Å²) in [5.41, 5.74) is 6.67. The molecule has 1 unspecified atom stereocenters. The number of carbonyl (C=O) groups excluding carboxylic acids is 1. The van der Waals surface area contributed by atoms with E-state index >= 15 is 0 Å². The average molecular weight is 1000 g/mol. The van der Waals surface area contributed by atoms with Gasteiger partial charge in [0.25, 0.3) is 11.6 Å². The molecule has 1 saturated carbocycles. The normalized spacial score (nSPS) is 10.3. The lowest BCUT2D eigenvalue weighted by Gasteiger charge is -2.08. The minimum Gasteiger partial charge on any atom is -0.480 e. The van der Waals surface area contributed by atoms with Gasteiger partial charge in [0.1, 0.15) is 22.9 Å². The molecule has 350 valence electrons. The first-order valence-corrected chi connectivity index (χ1v) is 22.4. The molecule has 0 saturated heterocycles. The van der Waals surface area contributed by atoms with E-state index in [0.717, 1.165) is 51.0 Å². The van der Waals surface area contributed by atoms with Gasteiger partial charge in [0.05, 0.1) is 20.0 Å². The fourth-order valence-corrected chi connectivity index (χ4v) is 5.70. The summed E-state index contributed by atoms with van der Waals surface area (Å²) in [5, 5.41) is 51.6. The molecule has 0 spiro atoms. The van der Waals surface area contributed by atoms with Crippen molar-refractivity contribution in [3.8, 4) is 17.1 Å². The molecule has 5 aromatic carbocycles. The predicted octanol–water partition coefficient (Wildman–Crippen LogP) is 8.49. The highest BCUT2D eigenvalue weighted by atomic mass is 79.9. The van der Waals surface area contributed by atoms with Crippen molar-refractivity contribution in [1.82, 2.24) is 5.32 Å². The van der Waals surface area contributed by atoms with Gasteiger partial charge in [-0.3, -0.25) is 14.9 Å². The third-order valence-corrected chi connectivity index (χ3v) is 9.24. The summed E-state index contributed by atoms with van der Waals surface area (Å²) in [7, 11) is 2.92. The Bertz CT molecular complexity index is 2320. The van der Waals surface area contributed by atoms with E-state index in [1.807, 2.05) is 85.8 Å². The summed E-state index contributed by atoms with van der Waals surface area (Å²) >= 11 is 2.48. The van der Waals surface area contributed by atoms with Crippen LogP contribution in [-0.2, 0) is 11.6 Å². The number of furan rings is 1. The van der Waals surface area contributed by atoms with Gasteiger partial charge in [-0.05, 0) is 84.6 Å². The minimum atomic E-state index is -1.41. The molecule has 0 bridgehead atoms. The number of fused-ring (bicyclic) bond motifs is 1. The highest BCUT2D eigenvalue weighted by Gasteiger charge is 2.29. The summed E-state index contributed by atoms with van der Waals surface area (Å²) in [5.74, 6) is 1.30. The second-order valence-corrected chi connectivity index (χ2v) is 13.8.